The Morgan fingerprint density at radius 3 is 2.62 bits per heavy atom. The Labute approximate surface area is 97.3 Å². The maximum Gasteiger partial charge on any atom is 0.146 e. The van der Waals surface area contributed by atoms with Crippen LogP contribution in [0.5, 0.6) is 0 Å². The van der Waals surface area contributed by atoms with Crippen LogP contribution in [0.2, 0.25) is 0 Å². The largest absolute Gasteiger partial charge is 0.372 e. The van der Waals surface area contributed by atoms with E-state index in [0.717, 1.165) is 24.9 Å². The zero-order valence-corrected chi connectivity index (χ0v) is 10.3. The predicted octanol–water partition coefficient (Wildman–Crippen LogP) is 3.08. The average Bonchev–Trinajstić information content (AvgIpc) is 2.25. The third-order valence-corrected chi connectivity index (χ3v) is 2.76. The van der Waals surface area contributed by atoms with Gasteiger partial charge in [-0.15, -0.1) is 0 Å². The summed E-state index contributed by atoms with van der Waals surface area (Å²) in [6.45, 7) is 4.86. The summed E-state index contributed by atoms with van der Waals surface area (Å²) in [7, 11) is 1.92. The van der Waals surface area contributed by atoms with Crippen molar-refractivity contribution in [3.05, 3.63) is 29.6 Å². The van der Waals surface area contributed by atoms with Gasteiger partial charge < -0.3 is 10.6 Å². The van der Waals surface area contributed by atoms with Gasteiger partial charge in [-0.05, 0) is 31.0 Å². The number of rotatable bonds is 5. The summed E-state index contributed by atoms with van der Waals surface area (Å²) < 4.78 is 13.8. The number of unbranched alkanes of at least 4 members (excludes halogenated alkanes) is 1. The molecule has 0 bridgehead atoms. The molecule has 16 heavy (non-hydrogen) atoms. The lowest BCUT2D eigenvalue weighted by Gasteiger charge is -2.20. The van der Waals surface area contributed by atoms with Crippen LogP contribution in [0.1, 0.15) is 38.3 Å². The van der Waals surface area contributed by atoms with Crippen molar-refractivity contribution in [2.24, 2.45) is 5.73 Å². The Kier molecular flexibility index (Phi) is 4.74. The summed E-state index contributed by atoms with van der Waals surface area (Å²) in [5.74, 6) is -0.187. The first-order valence-electron chi connectivity index (χ1n) is 5.82. The summed E-state index contributed by atoms with van der Waals surface area (Å²) in [6, 6.07) is 5.11. The monoisotopic (exact) mass is 224 g/mol. The van der Waals surface area contributed by atoms with Crippen molar-refractivity contribution < 1.29 is 4.39 Å². The Bertz CT molecular complexity index is 337. The fraction of sp³-hybridized carbons (Fsp3) is 0.538. The second-order valence-corrected chi connectivity index (χ2v) is 4.27. The van der Waals surface area contributed by atoms with Crippen molar-refractivity contribution in [2.75, 3.05) is 18.5 Å². The number of hydrogen-bond donors (Lipinski definition) is 1. The number of nitrogens with zero attached hydrogens (tertiary/aromatic N) is 1. The molecule has 0 aliphatic rings. The molecule has 0 saturated carbocycles. The molecule has 0 saturated heterocycles. The number of benzene rings is 1. The molecule has 3 heteroatoms. The van der Waals surface area contributed by atoms with Gasteiger partial charge in [0.1, 0.15) is 5.82 Å². The molecule has 0 aliphatic carbocycles. The number of nitrogens with two attached hydrogens (primary N) is 1. The van der Waals surface area contributed by atoms with Crippen LogP contribution in [0.25, 0.3) is 0 Å². The van der Waals surface area contributed by atoms with Crippen LogP contribution < -0.4 is 10.6 Å². The van der Waals surface area contributed by atoms with Crippen LogP contribution in [0, 0.1) is 5.82 Å². The highest BCUT2D eigenvalue weighted by Gasteiger charge is 2.09. The van der Waals surface area contributed by atoms with E-state index in [1.165, 1.54) is 6.07 Å². The van der Waals surface area contributed by atoms with Crippen molar-refractivity contribution in [3.63, 3.8) is 0 Å². The third-order valence-electron chi connectivity index (χ3n) is 2.76. The van der Waals surface area contributed by atoms with E-state index in [9.17, 15) is 4.39 Å². The fourth-order valence-electron chi connectivity index (χ4n) is 1.63. The molecule has 0 spiro atoms. The lowest BCUT2D eigenvalue weighted by atomic mass is 10.1. The minimum atomic E-state index is -0.187. The van der Waals surface area contributed by atoms with Crippen LogP contribution in [0.4, 0.5) is 10.1 Å². The molecule has 0 aromatic heterocycles. The Morgan fingerprint density at radius 1 is 1.44 bits per heavy atom. The molecule has 0 amide bonds. The van der Waals surface area contributed by atoms with Crippen molar-refractivity contribution in [2.45, 2.75) is 32.7 Å². The summed E-state index contributed by atoms with van der Waals surface area (Å²) in [5, 5.41) is 0. The second kappa shape index (κ2) is 5.85. The van der Waals surface area contributed by atoms with Gasteiger partial charge in [0.05, 0.1) is 5.69 Å². The first-order chi connectivity index (χ1) is 7.56. The van der Waals surface area contributed by atoms with Crippen molar-refractivity contribution in [1.29, 1.82) is 0 Å². The van der Waals surface area contributed by atoms with Gasteiger partial charge in [-0.3, -0.25) is 0 Å². The summed E-state index contributed by atoms with van der Waals surface area (Å²) in [4.78, 5) is 1.95. The second-order valence-electron chi connectivity index (χ2n) is 4.27. The minimum Gasteiger partial charge on any atom is -0.372 e. The molecule has 1 atom stereocenters. The van der Waals surface area contributed by atoms with E-state index in [-0.39, 0.29) is 11.9 Å². The standard InChI is InChI=1S/C13H21FN2/c1-4-5-8-16(3)13-7-6-11(10(2)15)9-12(13)14/h6-7,9-10H,4-5,8,15H2,1-3H3/t10-/m0/s1. The maximum atomic E-state index is 13.8. The van der Waals surface area contributed by atoms with Crippen LogP contribution in [-0.2, 0) is 0 Å². The molecule has 0 aliphatic heterocycles. The van der Waals surface area contributed by atoms with E-state index in [1.54, 1.807) is 0 Å². The molecular weight excluding hydrogens is 203 g/mol. The zero-order valence-electron chi connectivity index (χ0n) is 10.3. The molecule has 1 aromatic rings. The molecule has 0 radical (unpaired) electrons. The number of hydrogen-bond acceptors (Lipinski definition) is 2. The molecular formula is C13H21FN2. The van der Waals surface area contributed by atoms with Crippen molar-refractivity contribution in [3.8, 4) is 0 Å². The van der Waals surface area contributed by atoms with E-state index in [2.05, 4.69) is 6.92 Å². The van der Waals surface area contributed by atoms with Gasteiger partial charge in [0.15, 0.2) is 0 Å². The molecule has 2 N–H and O–H groups in total. The smallest absolute Gasteiger partial charge is 0.146 e. The molecule has 90 valence electrons. The molecule has 1 rings (SSSR count). The third kappa shape index (κ3) is 3.20. The predicted molar refractivity (Wildman–Crippen MR) is 67.2 cm³/mol. The van der Waals surface area contributed by atoms with Gasteiger partial charge in [-0.2, -0.15) is 0 Å². The lowest BCUT2D eigenvalue weighted by Crippen LogP contribution is -2.19. The maximum absolute atomic E-state index is 13.8. The van der Waals surface area contributed by atoms with E-state index in [4.69, 9.17) is 5.73 Å². The highest BCUT2D eigenvalue weighted by atomic mass is 19.1. The van der Waals surface area contributed by atoms with E-state index < -0.39 is 0 Å². The first-order valence-corrected chi connectivity index (χ1v) is 5.82. The fourth-order valence-corrected chi connectivity index (χ4v) is 1.63. The Balaban J connectivity index is 2.81. The summed E-state index contributed by atoms with van der Waals surface area (Å²) in [5.41, 5.74) is 7.20. The Hall–Kier alpha value is -1.09. The van der Waals surface area contributed by atoms with E-state index in [1.807, 2.05) is 31.0 Å². The van der Waals surface area contributed by atoms with E-state index >= 15 is 0 Å². The first kappa shape index (κ1) is 13.0. The summed E-state index contributed by atoms with van der Waals surface area (Å²) in [6.07, 6.45) is 2.19. The molecule has 0 fully saturated rings. The SMILES string of the molecule is CCCCN(C)c1ccc([C@H](C)N)cc1F. The van der Waals surface area contributed by atoms with Gasteiger partial charge in [0.25, 0.3) is 0 Å². The van der Waals surface area contributed by atoms with Crippen molar-refractivity contribution in [1.82, 2.24) is 0 Å². The topological polar surface area (TPSA) is 29.3 Å². The summed E-state index contributed by atoms with van der Waals surface area (Å²) >= 11 is 0. The molecule has 2 nitrogen and oxygen atoms in total. The van der Waals surface area contributed by atoms with E-state index in [0.29, 0.717) is 5.69 Å². The lowest BCUT2D eigenvalue weighted by molar-refractivity contribution is 0.614. The molecule has 0 unspecified atom stereocenters. The number of halogens is 1. The van der Waals surface area contributed by atoms with Crippen LogP contribution in [0.3, 0.4) is 0 Å². The highest BCUT2D eigenvalue weighted by molar-refractivity contribution is 5.48. The van der Waals surface area contributed by atoms with Gasteiger partial charge in [-0.25, -0.2) is 4.39 Å². The van der Waals surface area contributed by atoms with Gasteiger partial charge in [0, 0.05) is 19.6 Å². The quantitative estimate of drug-likeness (QED) is 0.832. The normalized spacial score (nSPS) is 12.6. The van der Waals surface area contributed by atoms with Gasteiger partial charge >= 0.3 is 0 Å². The number of anilines is 1. The van der Waals surface area contributed by atoms with Gasteiger partial charge in [-0.1, -0.05) is 19.4 Å². The minimum absolute atomic E-state index is 0.121. The van der Waals surface area contributed by atoms with Crippen LogP contribution in [0.15, 0.2) is 18.2 Å². The zero-order chi connectivity index (χ0) is 12.1. The van der Waals surface area contributed by atoms with Crippen LogP contribution >= 0.6 is 0 Å². The van der Waals surface area contributed by atoms with Crippen molar-refractivity contribution >= 4 is 5.69 Å². The molecule has 1 aromatic carbocycles. The highest BCUT2D eigenvalue weighted by Crippen LogP contribution is 2.22. The average molecular weight is 224 g/mol. The van der Waals surface area contributed by atoms with Gasteiger partial charge in [0.2, 0.25) is 0 Å². The van der Waals surface area contributed by atoms with Crippen LogP contribution in [-0.4, -0.2) is 13.6 Å². The molecule has 0 heterocycles. The Morgan fingerprint density at radius 2 is 2.12 bits per heavy atom.